The van der Waals surface area contributed by atoms with Crippen molar-refractivity contribution in [2.45, 2.75) is 12.5 Å². The van der Waals surface area contributed by atoms with Crippen LogP contribution in [0.25, 0.3) is 22.6 Å². The van der Waals surface area contributed by atoms with Crippen molar-refractivity contribution in [3.63, 3.8) is 0 Å². The molecule has 0 bridgehead atoms. The molecule has 1 aromatic carbocycles. The minimum atomic E-state index is -0.180. The molecule has 8 nitrogen and oxygen atoms in total. The molecule has 1 fully saturated rings. The van der Waals surface area contributed by atoms with Gasteiger partial charge in [-0.25, -0.2) is 9.97 Å². The SMILES string of the molecule is O=C(NC1CCN(c2nccc(-c3ccccc3)n2)C1)c1cc(-c2ccccn2)n[nH]1. The van der Waals surface area contributed by atoms with E-state index < -0.39 is 0 Å². The fourth-order valence-electron chi connectivity index (χ4n) is 3.68. The molecule has 3 aromatic heterocycles. The number of carbonyl (C=O) groups is 1. The van der Waals surface area contributed by atoms with Crippen molar-refractivity contribution in [2.24, 2.45) is 0 Å². The third-order valence-corrected chi connectivity index (χ3v) is 5.27. The van der Waals surface area contributed by atoms with Gasteiger partial charge in [-0.05, 0) is 30.7 Å². The van der Waals surface area contributed by atoms with E-state index in [4.69, 9.17) is 4.98 Å². The van der Waals surface area contributed by atoms with Crippen molar-refractivity contribution in [3.8, 4) is 22.6 Å². The van der Waals surface area contributed by atoms with Crippen LogP contribution in [0.3, 0.4) is 0 Å². The topological polar surface area (TPSA) is 99.7 Å². The van der Waals surface area contributed by atoms with Gasteiger partial charge < -0.3 is 10.2 Å². The molecule has 4 heterocycles. The minimum absolute atomic E-state index is 0.0121. The van der Waals surface area contributed by atoms with Crippen LogP contribution in [-0.2, 0) is 0 Å². The van der Waals surface area contributed by atoms with Gasteiger partial charge in [0.05, 0.1) is 11.4 Å². The number of H-pyrrole nitrogens is 1. The maximum atomic E-state index is 12.7. The summed E-state index contributed by atoms with van der Waals surface area (Å²) in [5.41, 5.74) is 3.72. The van der Waals surface area contributed by atoms with E-state index in [0.717, 1.165) is 29.9 Å². The number of carbonyl (C=O) groups excluding carboxylic acids is 1. The first-order chi connectivity index (χ1) is 15.3. The molecule has 154 valence electrons. The van der Waals surface area contributed by atoms with E-state index in [1.165, 1.54) is 0 Å². The van der Waals surface area contributed by atoms with Crippen molar-refractivity contribution < 1.29 is 4.79 Å². The molecule has 0 saturated carbocycles. The van der Waals surface area contributed by atoms with E-state index in [2.05, 4.69) is 30.4 Å². The number of hydrogen-bond donors (Lipinski definition) is 2. The van der Waals surface area contributed by atoms with Gasteiger partial charge in [-0.2, -0.15) is 5.10 Å². The molecule has 0 radical (unpaired) electrons. The van der Waals surface area contributed by atoms with E-state index in [1.807, 2.05) is 54.6 Å². The van der Waals surface area contributed by atoms with Crippen molar-refractivity contribution in [1.29, 1.82) is 0 Å². The van der Waals surface area contributed by atoms with Crippen LogP contribution < -0.4 is 10.2 Å². The van der Waals surface area contributed by atoms with Crippen molar-refractivity contribution in [1.82, 2.24) is 30.5 Å². The average Bonchev–Trinajstić information content (AvgIpc) is 3.51. The van der Waals surface area contributed by atoms with E-state index in [9.17, 15) is 4.79 Å². The number of aromatic amines is 1. The van der Waals surface area contributed by atoms with Crippen LogP contribution in [0.4, 0.5) is 5.95 Å². The van der Waals surface area contributed by atoms with Crippen molar-refractivity contribution in [2.75, 3.05) is 18.0 Å². The molecule has 1 aliphatic rings. The highest BCUT2D eigenvalue weighted by Crippen LogP contribution is 2.21. The van der Waals surface area contributed by atoms with Crippen LogP contribution in [0.15, 0.2) is 73.1 Å². The molecule has 0 spiro atoms. The van der Waals surface area contributed by atoms with Gasteiger partial charge in [0.1, 0.15) is 11.4 Å². The Hall–Kier alpha value is -4.07. The summed E-state index contributed by atoms with van der Waals surface area (Å²) in [5.74, 6) is 0.498. The number of aromatic nitrogens is 5. The molecular formula is C23H21N7O. The lowest BCUT2D eigenvalue weighted by molar-refractivity contribution is 0.0935. The van der Waals surface area contributed by atoms with Crippen LogP contribution in [0.1, 0.15) is 16.9 Å². The number of amides is 1. The van der Waals surface area contributed by atoms with Crippen LogP contribution in [0.5, 0.6) is 0 Å². The molecule has 1 amide bonds. The first-order valence-electron chi connectivity index (χ1n) is 10.2. The van der Waals surface area contributed by atoms with Crippen molar-refractivity contribution >= 4 is 11.9 Å². The molecule has 1 atom stereocenters. The first-order valence-corrected chi connectivity index (χ1v) is 10.2. The molecule has 8 heteroatoms. The average molecular weight is 411 g/mol. The number of nitrogens with one attached hydrogen (secondary N) is 2. The monoisotopic (exact) mass is 411 g/mol. The summed E-state index contributed by atoms with van der Waals surface area (Å²) in [6.45, 7) is 1.44. The summed E-state index contributed by atoms with van der Waals surface area (Å²) < 4.78 is 0. The van der Waals surface area contributed by atoms with Crippen molar-refractivity contribution in [3.05, 3.63) is 78.8 Å². The molecule has 1 unspecified atom stereocenters. The van der Waals surface area contributed by atoms with Gasteiger partial charge >= 0.3 is 0 Å². The van der Waals surface area contributed by atoms with E-state index in [-0.39, 0.29) is 11.9 Å². The molecule has 0 aliphatic carbocycles. The van der Waals surface area contributed by atoms with Gasteiger partial charge in [-0.3, -0.25) is 14.9 Å². The van der Waals surface area contributed by atoms with Gasteiger partial charge in [0.2, 0.25) is 5.95 Å². The second-order valence-corrected chi connectivity index (χ2v) is 7.39. The lowest BCUT2D eigenvalue weighted by Gasteiger charge is -2.17. The summed E-state index contributed by atoms with van der Waals surface area (Å²) in [5, 5.41) is 10.1. The van der Waals surface area contributed by atoms with Gasteiger partial charge in [-0.1, -0.05) is 36.4 Å². The summed E-state index contributed by atoms with van der Waals surface area (Å²) in [7, 11) is 0. The number of pyridine rings is 1. The standard InChI is InChI=1S/C23H21N7O/c31-22(21-14-20(28-29-21)19-8-4-5-11-24-19)26-17-10-13-30(15-17)23-25-12-9-18(27-23)16-6-2-1-3-7-16/h1-9,11-12,14,17H,10,13,15H2,(H,26,31)(H,28,29). The lowest BCUT2D eigenvalue weighted by atomic mass is 10.1. The number of hydrogen-bond acceptors (Lipinski definition) is 6. The summed E-state index contributed by atoms with van der Waals surface area (Å²) >= 11 is 0. The Bertz CT molecular complexity index is 1180. The lowest BCUT2D eigenvalue weighted by Crippen LogP contribution is -2.37. The Labute approximate surface area is 179 Å². The number of nitrogens with zero attached hydrogens (tertiary/aromatic N) is 5. The van der Waals surface area contributed by atoms with Crippen LogP contribution in [0.2, 0.25) is 0 Å². The largest absolute Gasteiger partial charge is 0.346 e. The third-order valence-electron chi connectivity index (χ3n) is 5.27. The molecule has 4 aromatic rings. The van der Waals surface area contributed by atoms with Gasteiger partial charge in [-0.15, -0.1) is 0 Å². The second kappa shape index (κ2) is 8.35. The predicted molar refractivity (Wildman–Crippen MR) is 117 cm³/mol. The van der Waals surface area contributed by atoms with Gasteiger partial charge in [0, 0.05) is 37.1 Å². The molecule has 31 heavy (non-hydrogen) atoms. The molecule has 1 aliphatic heterocycles. The van der Waals surface area contributed by atoms with E-state index in [1.54, 1.807) is 18.5 Å². The highest BCUT2D eigenvalue weighted by atomic mass is 16.2. The van der Waals surface area contributed by atoms with E-state index >= 15 is 0 Å². The summed E-state index contributed by atoms with van der Waals surface area (Å²) in [4.78, 5) is 28.2. The zero-order valence-electron chi connectivity index (χ0n) is 16.8. The Morgan fingerprint density at radius 3 is 2.68 bits per heavy atom. The Morgan fingerprint density at radius 1 is 0.968 bits per heavy atom. The highest BCUT2D eigenvalue weighted by molar-refractivity contribution is 5.93. The molecule has 2 N–H and O–H groups in total. The minimum Gasteiger partial charge on any atom is -0.346 e. The molecular weight excluding hydrogens is 390 g/mol. The van der Waals surface area contributed by atoms with Gasteiger partial charge in [0.25, 0.3) is 5.91 Å². The highest BCUT2D eigenvalue weighted by Gasteiger charge is 2.26. The first kappa shape index (κ1) is 18.9. The fourth-order valence-corrected chi connectivity index (χ4v) is 3.68. The zero-order valence-corrected chi connectivity index (χ0v) is 16.8. The number of benzene rings is 1. The van der Waals surface area contributed by atoms with Gasteiger partial charge in [0.15, 0.2) is 0 Å². The second-order valence-electron chi connectivity index (χ2n) is 7.39. The Kier molecular flexibility index (Phi) is 5.10. The normalized spacial score (nSPS) is 15.7. The summed E-state index contributed by atoms with van der Waals surface area (Å²) in [6.07, 6.45) is 4.30. The van der Waals surface area contributed by atoms with Crippen LogP contribution in [-0.4, -0.2) is 50.2 Å². The maximum Gasteiger partial charge on any atom is 0.269 e. The third kappa shape index (κ3) is 4.13. The summed E-state index contributed by atoms with van der Waals surface area (Å²) in [6, 6.07) is 19.3. The number of anilines is 1. The Balaban J connectivity index is 1.24. The molecule has 1 saturated heterocycles. The smallest absolute Gasteiger partial charge is 0.269 e. The zero-order chi connectivity index (χ0) is 21.0. The Morgan fingerprint density at radius 2 is 1.84 bits per heavy atom. The molecule has 5 rings (SSSR count). The van der Waals surface area contributed by atoms with Crippen LogP contribution >= 0.6 is 0 Å². The fraction of sp³-hybridized carbons (Fsp3) is 0.174. The maximum absolute atomic E-state index is 12.7. The number of rotatable bonds is 5. The van der Waals surface area contributed by atoms with Crippen LogP contribution in [0, 0.1) is 0 Å². The quantitative estimate of drug-likeness (QED) is 0.524. The predicted octanol–water partition coefficient (Wildman–Crippen LogP) is 2.94. The van der Waals surface area contributed by atoms with E-state index in [0.29, 0.717) is 23.9 Å².